The van der Waals surface area contributed by atoms with Crippen molar-refractivity contribution in [3.8, 4) is 0 Å². The van der Waals surface area contributed by atoms with E-state index in [9.17, 15) is 0 Å². The standard InChI is InChI=1S/C14H19N3S/c1-9-7-10-12(15-8-9)17(13(18)16-10)11-5-4-6-14(11,2)3/h7-8,11H,4-6H2,1-3H3,(H,16,18). The highest BCUT2D eigenvalue weighted by molar-refractivity contribution is 7.71. The first kappa shape index (κ1) is 11.9. The van der Waals surface area contributed by atoms with Crippen LogP contribution in [0.15, 0.2) is 12.3 Å². The third-order valence-electron chi connectivity index (χ3n) is 4.20. The maximum absolute atomic E-state index is 5.50. The van der Waals surface area contributed by atoms with E-state index < -0.39 is 0 Å². The lowest BCUT2D eigenvalue weighted by molar-refractivity contribution is 0.263. The minimum Gasteiger partial charge on any atom is -0.329 e. The van der Waals surface area contributed by atoms with Crippen molar-refractivity contribution < 1.29 is 0 Å². The minimum absolute atomic E-state index is 0.305. The van der Waals surface area contributed by atoms with Gasteiger partial charge >= 0.3 is 0 Å². The van der Waals surface area contributed by atoms with Crippen LogP contribution in [0.3, 0.4) is 0 Å². The Hall–Kier alpha value is -1.16. The van der Waals surface area contributed by atoms with E-state index in [-0.39, 0.29) is 0 Å². The Morgan fingerprint density at radius 3 is 2.94 bits per heavy atom. The van der Waals surface area contributed by atoms with Crippen LogP contribution >= 0.6 is 12.2 Å². The Morgan fingerprint density at radius 2 is 2.28 bits per heavy atom. The predicted molar refractivity (Wildman–Crippen MR) is 76.3 cm³/mol. The van der Waals surface area contributed by atoms with Crippen LogP contribution in [0.1, 0.15) is 44.7 Å². The van der Waals surface area contributed by atoms with Gasteiger partial charge in [0.2, 0.25) is 0 Å². The minimum atomic E-state index is 0.305. The van der Waals surface area contributed by atoms with Crippen LogP contribution in [0.25, 0.3) is 11.2 Å². The molecule has 0 amide bonds. The Morgan fingerprint density at radius 1 is 1.50 bits per heavy atom. The van der Waals surface area contributed by atoms with E-state index >= 15 is 0 Å². The molecule has 1 aliphatic rings. The number of nitrogens with zero attached hydrogens (tertiary/aromatic N) is 2. The third kappa shape index (κ3) is 1.70. The van der Waals surface area contributed by atoms with E-state index in [0.717, 1.165) is 21.5 Å². The normalized spacial score (nSPS) is 22.7. The maximum Gasteiger partial charge on any atom is 0.179 e. The van der Waals surface area contributed by atoms with Gasteiger partial charge in [-0.15, -0.1) is 0 Å². The fourth-order valence-electron chi connectivity index (χ4n) is 3.19. The van der Waals surface area contributed by atoms with Crippen LogP contribution in [-0.2, 0) is 0 Å². The summed E-state index contributed by atoms with van der Waals surface area (Å²) in [6.45, 7) is 6.72. The molecule has 1 unspecified atom stereocenters. The van der Waals surface area contributed by atoms with E-state index in [1.165, 1.54) is 19.3 Å². The number of hydrogen-bond acceptors (Lipinski definition) is 2. The van der Waals surface area contributed by atoms with E-state index in [1.807, 2.05) is 6.20 Å². The van der Waals surface area contributed by atoms with Crippen molar-refractivity contribution in [3.05, 3.63) is 22.6 Å². The molecule has 1 fully saturated rings. The summed E-state index contributed by atoms with van der Waals surface area (Å²) in [4.78, 5) is 7.87. The molecule has 1 N–H and O–H groups in total. The van der Waals surface area contributed by atoms with Gasteiger partial charge in [0, 0.05) is 12.2 Å². The van der Waals surface area contributed by atoms with E-state index in [4.69, 9.17) is 12.2 Å². The molecule has 0 aliphatic heterocycles. The number of nitrogens with one attached hydrogen (secondary N) is 1. The number of aromatic nitrogens is 3. The Labute approximate surface area is 112 Å². The molecule has 0 radical (unpaired) electrons. The van der Waals surface area contributed by atoms with Crippen molar-refractivity contribution in [1.82, 2.24) is 14.5 Å². The summed E-state index contributed by atoms with van der Waals surface area (Å²) in [5.41, 5.74) is 3.53. The summed E-state index contributed by atoms with van der Waals surface area (Å²) < 4.78 is 3.04. The van der Waals surface area contributed by atoms with Gasteiger partial charge < -0.3 is 4.98 Å². The van der Waals surface area contributed by atoms with E-state index in [0.29, 0.717) is 11.5 Å². The molecule has 0 spiro atoms. The number of fused-ring (bicyclic) bond motifs is 1. The smallest absolute Gasteiger partial charge is 0.179 e. The highest BCUT2D eigenvalue weighted by Gasteiger charge is 2.37. The fourth-order valence-corrected chi connectivity index (χ4v) is 3.52. The van der Waals surface area contributed by atoms with Gasteiger partial charge in [-0.1, -0.05) is 20.3 Å². The Bertz CT molecular complexity index is 651. The van der Waals surface area contributed by atoms with E-state index in [1.54, 1.807) is 0 Å². The molecule has 0 bridgehead atoms. The van der Waals surface area contributed by atoms with E-state index in [2.05, 4.69) is 41.4 Å². The number of hydrogen-bond donors (Lipinski definition) is 1. The van der Waals surface area contributed by atoms with Crippen molar-refractivity contribution in [1.29, 1.82) is 0 Å². The SMILES string of the molecule is Cc1cnc2c(c1)[nH]c(=S)n2C1CCCC1(C)C. The van der Waals surface area contributed by atoms with Crippen LogP contribution < -0.4 is 0 Å². The molecule has 3 rings (SSSR count). The lowest BCUT2D eigenvalue weighted by atomic mass is 9.87. The molecular weight excluding hydrogens is 242 g/mol. The number of H-pyrrole nitrogens is 1. The summed E-state index contributed by atoms with van der Waals surface area (Å²) in [6.07, 6.45) is 5.66. The summed E-state index contributed by atoms with van der Waals surface area (Å²) >= 11 is 5.50. The lowest BCUT2D eigenvalue weighted by Gasteiger charge is -2.28. The molecule has 2 aromatic rings. The lowest BCUT2D eigenvalue weighted by Crippen LogP contribution is -2.21. The number of aryl methyl sites for hydroxylation is 1. The topological polar surface area (TPSA) is 33.6 Å². The Balaban J connectivity index is 2.23. The summed E-state index contributed by atoms with van der Waals surface area (Å²) in [5, 5.41) is 0. The quantitative estimate of drug-likeness (QED) is 0.782. The summed E-state index contributed by atoms with van der Waals surface area (Å²) in [5.74, 6) is 0. The molecule has 96 valence electrons. The molecule has 4 heteroatoms. The molecule has 0 aromatic carbocycles. The van der Waals surface area contributed by atoms with Crippen molar-refractivity contribution in [2.24, 2.45) is 5.41 Å². The Kier molecular flexibility index (Phi) is 2.59. The van der Waals surface area contributed by atoms with Crippen molar-refractivity contribution in [2.45, 2.75) is 46.1 Å². The van der Waals surface area contributed by atoms with Crippen LogP contribution in [0.5, 0.6) is 0 Å². The van der Waals surface area contributed by atoms with Gasteiger partial charge in [-0.25, -0.2) is 4.98 Å². The monoisotopic (exact) mass is 261 g/mol. The molecular formula is C14H19N3S. The van der Waals surface area contributed by atoms with Crippen LogP contribution in [0.2, 0.25) is 0 Å². The van der Waals surface area contributed by atoms with Gasteiger partial charge in [-0.3, -0.25) is 4.57 Å². The van der Waals surface area contributed by atoms with Gasteiger partial charge in [0.25, 0.3) is 0 Å². The second-order valence-electron chi connectivity index (χ2n) is 6.08. The molecule has 2 aromatic heterocycles. The second kappa shape index (κ2) is 3.92. The van der Waals surface area contributed by atoms with Crippen molar-refractivity contribution >= 4 is 23.4 Å². The van der Waals surface area contributed by atoms with Gasteiger partial charge in [-0.2, -0.15) is 0 Å². The molecule has 1 aliphatic carbocycles. The summed E-state index contributed by atoms with van der Waals surface area (Å²) in [6, 6.07) is 2.59. The number of rotatable bonds is 1. The molecule has 2 heterocycles. The second-order valence-corrected chi connectivity index (χ2v) is 6.47. The highest BCUT2D eigenvalue weighted by Crippen LogP contribution is 2.46. The predicted octanol–water partition coefficient (Wildman–Crippen LogP) is 4.15. The van der Waals surface area contributed by atoms with Gasteiger partial charge in [-0.05, 0) is 49.0 Å². The fraction of sp³-hybridized carbons (Fsp3) is 0.571. The zero-order chi connectivity index (χ0) is 12.9. The molecule has 1 atom stereocenters. The largest absolute Gasteiger partial charge is 0.329 e. The first-order chi connectivity index (χ1) is 8.49. The van der Waals surface area contributed by atoms with Crippen molar-refractivity contribution in [2.75, 3.05) is 0 Å². The zero-order valence-electron chi connectivity index (χ0n) is 11.2. The highest BCUT2D eigenvalue weighted by atomic mass is 32.1. The average Bonchev–Trinajstić information content (AvgIpc) is 2.76. The molecule has 1 saturated carbocycles. The molecule has 0 saturated heterocycles. The summed E-state index contributed by atoms with van der Waals surface area (Å²) in [7, 11) is 0. The molecule has 3 nitrogen and oxygen atoms in total. The van der Waals surface area contributed by atoms with Crippen LogP contribution in [0.4, 0.5) is 0 Å². The van der Waals surface area contributed by atoms with Gasteiger partial charge in [0.05, 0.1) is 5.52 Å². The molecule has 18 heavy (non-hydrogen) atoms. The van der Waals surface area contributed by atoms with Crippen LogP contribution in [0, 0.1) is 17.1 Å². The van der Waals surface area contributed by atoms with Crippen LogP contribution in [-0.4, -0.2) is 14.5 Å². The first-order valence-corrected chi connectivity index (χ1v) is 6.97. The first-order valence-electron chi connectivity index (χ1n) is 6.56. The number of imidazole rings is 1. The van der Waals surface area contributed by atoms with Gasteiger partial charge in [0.15, 0.2) is 10.4 Å². The van der Waals surface area contributed by atoms with Gasteiger partial charge in [0.1, 0.15) is 0 Å². The third-order valence-corrected chi connectivity index (χ3v) is 4.50. The number of aromatic amines is 1. The average molecular weight is 261 g/mol. The number of pyridine rings is 1. The zero-order valence-corrected chi connectivity index (χ0v) is 12.0. The van der Waals surface area contributed by atoms with Crippen molar-refractivity contribution in [3.63, 3.8) is 0 Å². The maximum atomic E-state index is 5.50.